The summed E-state index contributed by atoms with van der Waals surface area (Å²) in [5.41, 5.74) is -1.30. The van der Waals surface area contributed by atoms with Gasteiger partial charge in [0.25, 0.3) is 0 Å². The molecule has 0 atom stereocenters. The van der Waals surface area contributed by atoms with Crippen molar-refractivity contribution in [1.82, 2.24) is 0 Å². The standard InChI is InChI=1S/C16H7F7O7/c1-26-12-6(3-2-5(10(12)17)28-15(19,20)21)27-7-4-8-13(30-16(22,23)29-8)11(18)9(7)14(24)25/h2-4H,1H3,(H,24,25). The zero-order chi connectivity index (χ0) is 22.4. The fourth-order valence-electron chi connectivity index (χ4n) is 2.42. The highest BCUT2D eigenvalue weighted by Crippen LogP contribution is 2.49. The Balaban J connectivity index is 2.08. The number of fused-ring (bicyclic) bond motifs is 1. The van der Waals surface area contributed by atoms with Crippen molar-refractivity contribution in [3.63, 3.8) is 0 Å². The van der Waals surface area contributed by atoms with E-state index in [2.05, 4.69) is 18.9 Å². The second kappa shape index (κ2) is 7.03. The second-order valence-electron chi connectivity index (χ2n) is 5.42. The normalized spacial score (nSPS) is 14.4. The molecule has 0 aromatic heterocycles. The van der Waals surface area contributed by atoms with Crippen LogP contribution in [0.3, 0.4) is 0 Å². The molecule has 1 heterocycles. The fraction of sp³-hybridized carbons (Fsp3) is 0.188. The Kier molecular flexibility index (Phi) is 4.96. The van der Waals surface area contributed by atoms with Crippen LogP contribution in [-0.2, 0) is 0 Å². The third kappa shape index (κ3) is 3.92. The van der Waals surface area contributed by atoms with Gasteiger partial charge in [0.15, 0.2) is 23.1 Å². The largest absolute Gasteiger partial charge is 0.586 e. The molecule has 2 aromatic rings. The number of methoxy groups -OCH3 is 1. The maximum absolute atomic E-state index is 14.4. The zero-order valence-electron chi connectivity index (χ0n) is 14.3. The summed E-state index contributed by atoms with van der Waals surface area (Å²) >= 11 is 0. The van der Waals surface area contributed by atoms with Crippen LogP contribution in [0.4, 0.5) is 30.7 Å². The van der Waals surface area contributed by atoms with Crippen LogP contribution in [0.2, 0.25) is 0 Å². The number of halogens is 7. The molecule has 1 aliphatic heterocycles. The Hall–Kier alpha value is -3.58. The number of carboxylic acids is 1. The molecule has 162 valence electrons. The van der Waals surface area contributed by atoms with Crippen molar-refractivity contribution in [2.75, 3.05) is 7.11 Å². The van der Waals surface area contributed by atoms with Crippen molar-refractivity contribution in [2.24, 2.45) is 0 Å². The van der Waals surface area contributed by atoms with E-state index in [-0.39, 0.29) is 0 Å². The van der Waals surface area contributed by atoms with Gasteiger partial charge in [0.1, 0.15) is 11.3 Å². The molecule has 0 saturated heterocycles. The van der Waals surface area contributed by atoms with Gasteiger partial charge in [-0.1, -0.05) is 0 Å². The maximum Gasteiger partial charge on any atom is 0.586 e. The van der Waals surface area contributed by atoms with Crippen molar-refractivity contribution < 1.29 is 64.3 Å². The molecule has 30 heavy (non-hydrogen) atoms. The summed E-state index contributed by atoms with van der Waals surface area (Å²) in [6.45, 7) is 0. The molecule has 0 spiro atoms. The summed E-state index contributed by atoms with van der Waals surface area (Å²) in [6, 6.07) is 1.67. The maximum atomic E-state index is 14.4. The van der Waals surface area contributed by atoms with Crippen molar-refractivity contribution in [3.05, 3.63) is 35.4 Å². The minimum Gasteiger partial charge on any atom is -0.490 e. The molecule has 0 amide bonds. The van der Waals surface area contributed by atoms with E-state index in [0.29, 0.717) is 18.2 Å². The number of alkyl halides is 5. The monoisotopic (exact) mass is 444 g/mol. The van der Waals surface area contributed by atoms with Crippen molar-refractivity contribution in [2.45, 2.75) is 12.7 Å². The molecule has 0 fully saturated rings. The third-order valence-corrected chi connectivity index (χ3v) is 3.49. The lowest BCUT2D eigenvalue weighted by Gasteiger charge is -2.16. The van der Waals surface area contributed by atoms with Crippen molar-refractivity contribution in [1.29, 1.82) is 0 Å². The summed E-state index contributed by atoms with van der Waals surface area (Å²) in [6.07, 6.45) is -9.53. The van der Waals surface area contributed by atoms with Crippen LogP contribution in [0.5, 0.6) is 34.5 Å². The van der Waals surface area contributed by atoms with Crippen LogP contribution < -0.4 is 23.7 Å². The van der Waals surface area contributed by atoms with Crippen molar-refractivity contribution >= 4 is 5.97 Å². The molecule has 3 rings (SSSR count). The summed E-state index contributed by atoms with van der Waals surface area (Å²) in [5.74, 6) is -11.6. The minimum atomic E-state index is -5.24. The van der Waals surface area contributed by atoms with Crippen LogP contribution in [0.15, 0.2) is 18.2 Å². The number of hydrogen-bond donors (Lipinski definition) is 1. The lowest BCUT2D eigenvalue weighted by molar-refractivity contribution is -0.287. The zero-order valence-corrected chi connectivity index (χ0v) is 14.3. The smallest absolute Gasteiger partial charge is 0.490 e. The molecule has 1 N–H and O–H groups in total. The first kappa shape index (κ1) is 21.1. The van der Waals surface area contributed by atoms with E-state index in [1.165, 1.54) is 0 Å². The Morgan fingerprint density at radius 2 is 1.70 bits per heavy atom. The predicted octanol–water partition coefficient (Wildman–Crippen LogP) is 4.68. The van der Waals surface area contributed by atoms with E-state index in [4.69, 9.17) is 4.74 Å². The van der Waals surface area contributed by atoms with Gasteiger partial charge >= 0.3 is 18.6 Å². The van der Waals surface area contributed by atoms with E-state index < -0.39 is 70.3 Å². The molecule has 0 unspecified atom stereocenters. The second-order valence-corrected chi connectivity index (χ2v) is 5.42. The van der Waals surface area contributed by atoms with Gasteiger partial charge in [-0.05, 0) is 12.1 Å². The molecular weight excluding hydrogens is 437 g/mol. The van der Waals surface area contributed by atoms with Crippen LogP contribution in [0.1, 0.15) is 10.4 Å². The van der Waals surface area contributed by atoms with Crippen LogP contribution in [-0.4, -0.2) is 30.8 Å². The van der Waals surface area contributed by atoms with Gasteiger partial charge in [-0.15, -0.1) is 22.0 Å². The van der Waals surface area contributed by atoms with Crippen molar-refractivity contribution in [3.8, 4) is 34.5 Å². The number of carboxylic acid groups (broad SMARTS) is 1. The van der Waals surface area contributed by atoms with Gasteiger partial charge < -0.3 is 28.8 Å². The van der Waals surface area contributed by atoms with Gasteiger partial charge in [0.2, 0.25) is 17.3 Å². The summed E-state index contributed by atoms with van der Waals surface area (Å²) < 4.78 is 113. The first-order valence-corrected chi connectivity index (χ1v) is 7.48. The molecule has 1 aliphatic rings. The number of rotatable bonds is 5. The summed E-state index contributed by atoms with van der Waals surface area (Å²) in [4.78, 5) is 11.4. The highest BCUT2D eigenvalue weighted by molar-refractivity contribution is 5.92. The molecule has 14 heteroatoms. The van der Waals surface area contributed by atoms with E-state index in [9.17, 15) is 40.6 Å². The lowest BCUT2D eigenvalue weighted by atomic mass is 10.1. The number of ether oxygens (including phenoxy) is 5. The van der Waals surface area contributed by atoms with Gasteiger partial charge in [0, 0.05) is 6.07 Å². The highest BCUT2D eigenvalue weighted by Gasteiger charge is 2.47. The van der Waals surface area contributed by atoms with Gasteiger partial charge in [-0.2, -0.15) is 4.39 Å². The van der Waals surface area contributed by atoms with E-state index in [0.717, 1.165) is 7.11 Å². The molecule has 2 aromatic carbocycles. The predicted molar refractivity (Wildman–Crippen MR) is 79.3 cm³/mol. The SMILES string of the molecule is COc1c(Oc2cc3c(c(F)c2C(=O)O)OC(F)(F)O3)ccc(OC(F)(F)F)c1F. The minimum absolute atomic E-state index is 0.471. The van der Waals surface area contributed by atoms with Gasteiger partial charge in [-0.25, -0.2) is 9.18 Å². The Labute approximate surface area is 161 Å². The number of carbonyl (C=O) groups is 1. The van der Waals surface area contributed by atoms with Crippen LogP contribution in [0, 0.1) is 11.6 Å². The van der Waals surface area contributed by atoms with E-state index in [1.807, 2.05) is 0 Å². The van der Waals surface area contributed by atoms with Gasteiger partial charge in [-0.3, -0.25) is 0 Å². The molecule has 0 radical (unpaired) electrons. The lowest BCUT2D eigenvalue weighted by Crippen LogP contribution is -2.26. The number of benzene rings is 2. The third-order valence-electron chi connectivity index (χ3n) is 3.49. The number of aromatic carboxylic acids is 1. The molecule has 0 bridgehead atoms. The molecule has 0 aliphatic carbocycles. The molecule has 7 nitrogen and oxygen atoms in total. The Morgan fingerprint density at radius 3 is 2.27 bits per heavy atom. The fourth-order valence-corrected chi connectivity index (χ4v) is 2.42. The van der Waals surface area contributed by atoms with E-state index in [1.54, 1.807) is 0 Å². The molecule has 0 saturated carbocycles. The van der Waals surface area contributed by atoms with Crippen LogP contribution in [0.25, 0.3) is 0 Å². The molecular formula is C16H7F7O7. The summed E-state index contributed by atoms with van der Waals surface area (Å²) in [5, 5.41) is 9.18. The highest BCUT2D eigenvalue weighted by atomic mass is 19.4. The first-order chi connectivity index (χ1) is 13.8. The Morgan fingerprint density at radius 1 is 1.07 bits per heavy atom. The number of hydrogen-bond acceptors (Lipinski definition) is 6. The van der Waals surface area contributed by atoms with Gasteiger partial charge in [0.05, 0.1) is 7.11 Å². The van der Waals surface area contributed by atoms with E-state index >= 15 is 0 Å². The topological polar surface area (TPSA) is 83.5 Å². The van der Waals surface area contributed by atoms with Crippen LogP contribution >= 0.6 is 0 Å². The first-order valence-electron chi connectivity index (χ1n) is 7.48. The quantitative estimate of drug-likeness (QED) is 0.671. The average molecular weight is 444 g/mol. The summed E-state index contributed by atoms with van der Waals surface area (Å²) in [7, 11) is 0.835. The average Bonchev–Trinajstić information content (AvgIpc) is 2.91. The Bertz CT molecular complexity index is 1020.